The number of carboxylic acid groups (broad SMARTS) is 1. The van der Waals surface area contributed by atoms with Crippen LogP contribution in [0.1, 0.15) is 36.1 Å². The van der Waals surface area contributed by atoms with Crippen LogP contribution in [-0.2, 0) is 14.3 Å². The Balaban J connectivity index is 2.52. The molecule has 1 unspecified atom stereocenters. The van der Waals surface area contributed by atoms with Gasteiger partial charge in [0.1, 0.15) is 18.5 Å². The van der Waals surface area contributed by atoms with Crippen molar-refractivity contribution in [3.05, 3.63) is 35.5 Å². The van der Waals surface area contributed by atoms with Crippen LogP contribution < -0.4 is 0 Å². The molecule has 1 aromatic carbocycles. The standard InChI is InChI=1S/C16H19NO5/c1-4-21-16(20)14-8-12-10(2)6-5-7-13(12)17(14)11(3)22-9-15(18)19/h5-8,11H,4,9H2,1-3H3,(H,18,19). The maximum absolute atomic E-state index is 12.2. The fourth-order valence-electron chi connectivity index (χ4n) is 2.42. The first-order valence-electron chi connectivity index (χ1n) is 7.06. The Labute approximate surface area is 128 Å². The maximum Gasteiger partial charge on any atom is 0.355 e. The van der Waals surface area contributed by atoms with Crippen molar-refractivity contribution in [1.82, 2.24) is 4.57 Å². The molecule has 6 nitrogen and oxygen atoms in total. The van der Waals surface area contributed by atoms with Gasteiger partial charge in [-0.15, -0.1) is 0 Å². The second-order valence-electron chi connectivity index (χ2n) is 4.93. The van der Waals surface area contributed by atoms with Gasteiger partial charge in [-0.25, -0.2) is 9.59 Å². The van der Waals surface area contributed by atoms with E-state index in [-0.39, 0.29) is 6.61 Å². The van der Waals surface area contributed by atoms with E-state index in [1.54, 1.807) is 24.5 Å². The minimum absolute atomic E-state index is 0.268. The SMILES string of the molecule is CCOC(=O)c1cc2c(C)cccc2n1C(C)OCC(=O)O. The van der Waals surface area contributed by atoms with Gasteiger partial charge in [-0.1, -0.05) is 12.1 Å². The van der Waals surface area contributed by atoms with Gasteiger partial charge in [0.05, 0.1) is 12.1 Å². The number of aryl methyl sites for hydroxylation is 1. The number of esters is 1. The summed E-state index contributed by atoms with van der Waals surface area (Å²) in [4.78, 5) is 22.9. The largest absolute Gasteiger partial charge is 0.480 e. The number of ether oxygens (including phenoxy) is 2. The molecule has 1 N–H and O–H groups in total. The van der Waals surface area contributed by atoms with Gasteiger partial charge in [-0.3, -0.25) is 0 Å². The molecule has 0 aliphatic rings. The molecule has 6 heteroatoms. The zero-order valence-corrected chi connectivity index (χ0v) is 12.8. The monoisotopic (exact) mass is 305 g/mol. The fourth-order valence-corrected chi connectivity index (χ4v) is 2.42. The van der Waals surface area contributed by atoms with E-state index in [9.17, 15) is 9.59 Å². The van der Waals surface area contributed by atoms with E-state index >= 15 is 0 Å². The van der Waals surface area contributed by atoms with Gasteiger partial charge in [0.2, 0.25) is 0 Å². The third kappa shape index (κ3) is 3.12. The predicted molar refractivity (Wildman–Crippen MR) is 80.9 cm³/mol. The minimum atomic E-state index is -1.06. The smallest absolute Gasteiger partial charge is 0.355 e. The minimum Gasteiger partial charge on any atom is -0.480 e. The molecular formula is C16H19NO5. The van der Waals surface area contributed by atoms with Gasteiger partial charge in [0.15, 0.2) is 0 Å². The Morgan fingerprint density at radius 2 is 2.09 bits per heavy atom. The second kappa shape index (κ2) is 6.62. The Hall–Kier alpha value is -2.34. The van der Waals surface area contributed by atoms with Gasteiger partial charge in [0, 0.05) is 5.39 Å². The lowest BCUT2D eigenvalue weighted by atomic mass is 10.1. The first-order valence-corrected chi connectivity index (χ1v) is 7.06. The third-order valence-corrected chi connectivity index (χ3v) is 3.40. The van der Waals surface area contributed by atoms with Crippen LogP contribution in [0.5, 0.6) is 0 Å². The normalized spacial score (nSPS) is 12.3. The van der Waals surface area contributed by atoms with Crippen LogP contribution in [0.2, 0.25) is 0 Å². The topological polar surface area (TPSA) is 77.8 Å². The molecule has 2 aromatic rings. The molecule has 0 amide bonds. The van der Waals surface area contributed by atoms with Crippen molar-refractivity contribution in [3.8, 4) is 0 Å². The Bertz CT molecular complexity index is 704. The summed E-state index contributed by atoms with van der Waals surface area (Å²) in [5, 5.41) is 9.67. The Morgan fingerprint density at radius 1 is 1.36 bits per heavy atom. The highest BCUT2D eigenvalue weighted by Crippen LogP contribution is 2.27. The number of carbonyl (C=O) groups excluding carboxylic acids is 1. The van der Waals surface area contributed by atoms with Gasteiger partial charge < -0.3 is 19.1 Å². The van der Waals surface area contributed by atoms with Gasteiger partial charge >= 0.3 is 11.9 Å². The zero-order chi connectivity index (χ0) is 16.3. The van der Waals surface area contributed by atoms with E-state index in [0.717, 1.165) is 16.5 Å². The summed E-state index contributed by atoms with van der Waals surface area (Å²) in [6.07, 6.45) is -0.602. The van der Waals surface area contributed by atoms with Crippen molar-refractivity contribution in [1.29, 1.82) is 0 Å². The van der Waals surface area contributed by atoms with Crippen molar-refractivity contribution in [2.24, 2.45) is 0 Å². The molecule has 0 radical (unpaired) electrons. The van der Waals surface area contributed by atoms with E-state index in [0.29, 0.717) is 5.69 Å². The number of nitrogens with zero attached hydrogens (tertiary/aromatic N) is 1. The molecule has 1 atom stereocenters. The molecule has 0 spiro atoms. The lowest BCUT2D eigenvalue weighted by Crippen LogP contribution is -2.19. The van der Waals surface area contributed by atoms with Crippen LogP contribution in [0.4, 0.5) is 0 Å². The molecule has 0 aliphatic heterocycles. The van der Waals surface area contributed by atoms with E-state index in [4.69, 9.17) is 14.6 Å². The summed E-state index contributed by atoms with van der Waals surface area (Å²) < 4.78 is 12.1. The number of hydrogen-bond acceptors (Lipinski definition) is 4. The predicted octanol–water partition coefficient (Wildman–Crippen LogP) is 2.75. The summed E-state index contributed by atoms with van der Waals surface area (Å²) in [5.41, 5.74) is 2.18. The molecule has 0 saturated heterocycles. The quantitative estimate of drug-likeness (QED) is 0.830. The number of hydrogen-bond donors (Lipinski definition) is 1. The molecule has 118 valence electrons. The first kappa shape index (κ1) is 16.0. The average molecular weight is 305 g/mol. The van der Waals surface area contributed by atoms with Crippen LogP contribution in [0.3, 0.4) is 0 Å². The molecule has 1 aromatic heterocycles. The van der Waals surface area contributed by atoms with Crippen molar-refractivity contribution in [2.75, 3.05) is 13.2 Å². The zero-order valence-electron chi connectivity index (χ0n) is 12.8. The van der Waals surface area contributed by atoms with Crippen LogP contribution >= 0.6 is 0 Å². The molecule has 0 saturated carbocycles. The summed E-state index contributed by atoms with van der Waals surface area (Å²) in [6, 6.07) is 7.45. The van der Waals surface area contributed by atoms with Gasteiger partial charge in [-0.2, -0.15) is 0 Å². The molecule has 1 heterocycles. The number of fused-ring (bicyclic) bond motifs is 1. The number of carbonyl (C=O) groups is 2. The summed E-state index contributed by atoms with van der Waals surface area (Å²) in [6.45, 7) is 5.22. The van der Waals surface area contributed by atoms with Crippen molar-refractivity contribution in [2.45, 2.75) is 27.0 Å². The lowest BCUT2D eigenvalue weighted by Gasteiger charge is -2.18. The van der Waals surface area contributed by atoms with Crippen molar-refractivity contribution >= 4 is 22.8 Å². The van der Waals surface area contributed by atoms with E-state index in [2.05, 4.69) is 0 Å². The molecule has 0 aliphatic carbocycles. The van der Waals surface area contributed by atoms with Crippen LogP contribution in [0, 0.1) is 6.92 Å². The fraction of sp³-hybridized carbons (Fsp3) is 0.375. The van der Waals surface area contributed by atoms with Crippen molar-refractivity contribution in [3.63, 3.8) is 0 Å². The third-order valence-electron chi connectivity index (χ3n) is 3.40. The highest BCUT2D eigenvalue weighted by molar-refractivity contribution is 5.96. The Kier molecular flexibility index (Phi) is 4.82. The number of aromatic nitrogens is 1. The summed E-state index contributed by atoms with van der Waals surface area (Å²) in [5.74, 6) is -1.51. The number of aliphatic carboxylic acids is 1. The summed E-state index contributed by atoms with van der Waals surface area (Å²) >= 11 is 0. The molecule has 2 rings (SSSR count). The summed E-state index contributed by atoms with van der Waals surface area (Å²) in [7, 11) is 0. The second-order valence-corrected chi connectivity index (χ2v) is 4.93. The van der Waals surface area contributed by atoms with Crippen LogP contribution in [-0.4, -0.2) is 34.8 Å². The molecule has 22 heavy (non-hydrogen) atoms. The van der Waals surface area contributed by atoms with Crippen LogP contribution in [0.25, 0.3) is 10.9 Å². The molecule has 0 fully saturated rings. The maximum atomic E-state index is 12.2. The molecular weight excluding hydrogens is 286 g/mol. The molecule has 0 bridgehead atoms. The Morgan fingerprint density at radius 3 is 2.73 bits per heavy atom. The highest BCUT2D eigenvalue weighted by Gasteiger charge is 2.21. The first-order chi connectivity index (χ1) is 10.5. The van der Waals surface area contributed by atoms with Crippen LogP contribution in [0.15, 0.2) is 24.3 Å². The number of rotatable bonds is 6. The number of carboxylic acids is 1. The lowest BCUT2D eigenvalue weighted by molar-refractivity contribution is -0.145. The van der Waals surface area contributed by atoms with E-state index in [1.807, 2.05) is 25.1 Å². The number of benzene rings is 1. The van der Waals surface area contributed by atoms with Gasteiger partial charge in [0.25, 0.3) is 0 Å². The van der Waals surface area contributed by atoms with E-state index in [1.165, 1.54) is 0 Å². The average Bonchev–Trinajstić information content (AvgIpc) is 2.86. The highest BCUT2D eigenvalue weighted by atomic mass is 16.5. The van der Waals surface area contributed by atoms with Crippen molar-refractivity contribution < 1.29 is 24.2 Å². The van der Waals surface area contributed by atoms with E-state index < -0.39 is 24.8 Å². The van der Waals surface area contributed by atoms with Gasteiger partial charge in [-0.05, 0) is 38.5 Å².